The number of nitrogens with zero attached hydrogens (tertiary/aromatic N) is 3. The summed E-state index contributed by atoms with van der Waals surface area (Å²) >= 11 is 0. The van der Waals surface area contributed by atoms with E-state index < -0.39 is 4.92 Å². The first-order chi connectivity index (χ1) is 9.15. The van der Waals surface area contributed by atoms with E-state index >= 15 is 0 Å². The Labute approximate surface area is 111 Å². The van der Waals surface area contributed by atoms with Crippen LogP contribution in [0.4, 0.5) is 5.69 Å². The quantitative estimate of drug-likeness (QED) is 0.625. The molecule has 0 bridgehead atoms. The van der Waals surface area contributed by atoms with E-state index in [2.05, 4.69) is 12.0 Å². The van der Waals surface area contributed by atoms with Crippen molar-refractivity contribution < 1.29 is 4.92 Å². The fourth-order valence-electron chi connectivity index (χ4n) is 2.33. The minimum Gasteiger partial charge on any atom is -0.258 e. The maximum absolute atomic E-state index is 10.7. The average molecular weight is 256 g/mol. The van der Waals surface area contributed by atoms with Gasteiger partial charge in [0.25, 0.3) is 5.69 Å². The topological polar surface area (TPSA) is 61.0 Å². The second-order valence-corrected chi connectivity index (χ2v) is 4.92. The molecule has 0 N–H and O–H groups in total. The predicted octanol–water partition coefficient (Wildman–Crippen LogP) is 3.23. The van der Waals surface area contributed by atoms with Crippen LogP contribution in [-0.4, -0.2) is 14.7 Å². The fraction of sp³-hybridized carbons (Fsp3) is 0.286. The van der Waals surface area contributed by atoms with E-state index in [0.29, 0.717) is 11.5 Å². The molecule has 1 radical (unpaired) electrons. The van der Waals surface area contributed by atoms with E-state index in [1.807, 2.05) is 12.4 Å². The minimum absolute atomic E-state index is 0.0557. The second kappa shape index (κ2) is 4.50. The van der Waals surface area contributed by atoms with Crippen LogP contribution in [0.3, 0.4) is 0 Å². The maximum atomic E-state index is 10.7. The number of nitro groups is 1. The molecular weight excluding hydrogens is 242 g/mol. The van der Waals surface area contributed by atoms with Gasteiger partial charge < -0.3 is 0 Å². The van der Waals surface area contributed by atoms with Crippen molar-refractivity contribution in [2.24, 2.45) is 0 Å². The highest BCUT2D eigenvalue weighted by Crippen LogP contribution is 2.36. The summed E-state index contributed by atoms with van der Waals surface area (Å²) in [5.41, 5.74) is 2.69. The van der Waals surface area contributed by atoms with Gasteiger partial charge in [0, 0.05) is 18.3 Å². The van der Waals surface area contributed by atoms with Crippen molar-refractivity contribution in [3.8, 4) is 5.69 Å². The van der Waals surface area contributed by atoms with E-state index in [-0.39, 0.29) is 5.69 Å². The van der Waals surface area contributed by atoms with Gasteiger partial charge in [-0.25, -0.2) is 4.68 Å². The van der Waals surface area contributed by atoms with Crippen molar-refractivity contribution in [2.75, 3.05) is 0 Å². The minimum atomic E-state index is -0.415. The highest BCUT2D eigenvalue weighted by Gasteiger charge is 2.21. The molecule has 1 saturated carbocycles. The Kier molecular flexibility index (Phi) is 2.81. The molecule has 5 nitrogen and oxygen atoms in total. The zero-order chi connectivity index (χ0) is 13.4. The molecule has 0 aliphatic heterocycles. The number of hydrogen-bond acceptors (Lipinski definition) is 3. The molecular formula is C14H14N3O2. The molecule has 0 amide bonds. The predicted molar refractivity (Wildman–Crippen MR) is 71.3 cm³/mol. The first-order valence-corrected chi connectivity index (χ1v) is 6.30. The number of benzene rings is 1. The van der Waals surface area contributed by atoms with Gasteiger partial charge in [0.15, 0.2) is 0 Å². The monoisotopic (exact) mass is 256 g/mol. The molecule has 0 unspecified atom stereocenters. The van der Waals surface area contributed by atoms with Gasteiger partial charge in [-0.1, -0.05) is 6.42 Å². The fourth-order valence-corrected chi connectivity index (χ4v) is 2.33. The van der Waals surface area contributed by atoms with E-state index in [9.17, 15) is 10.1 Å². The molecule has 1 aromatic carbocycles. The third-order valence-electron chi connectivity index (χ3n) is 3.70. The first kappa shape index (κ1) is 11.9. The van der Waals surface area contributed by atoms with Gasteiger partial charge in [0.2, 0.25) is 0 Å². The Morgan fingerprint density at radius 3 is 2.79 bits per heavy atom. The Bertz CT molecular complexity index is 629. The molecule has 1 aliphatic rings. The van der Waals surface area contributed by atoms with E-state index in [1.165, 1.54) is 37.0 Å². The van der Waals surface area contributed by atoms with Crippen LogP contribution in [0.15, 0.2) is 30.6 Å². The van der Waals surface area contributed by atoms with Crippen LogP contribution in [0.1, 0.15) is 36.3 Å². The molecule has 1 heterocycles. The van der Waals surface area contributed by atoms with Gasteiger partial charge >= 0.3 is 0 Å². The summed E-state index contributed by atoms with van der Waals surface area (Å²) in [7, 11) is 0. The highest BCUT2D eigenvalue weighted by molar-refractivity contribution is 5.49. The number of aromatic nitrogens is 2. The van der Waals surface area contributed by atoms with Gasteiger partial charge in [0.05, 0.1) is 16.8 Å². The summed E-state index contributed by atoms with van der Waals surface area (Å²) in [6.07, 6.45) is 7.62. The molecule has 0 saturated heterocycles. The van der Waals surface area contributed by atoms with Gasteiger partial charge in [-0.3, -0.25) is 10.1 Å². The lowest BCUT2D eigenvalue weighted by atomic mass is 9.81. The Morgan fingerprint density at radius 2 is 2.21 bits per heavy atom. The zero-order valence-electron chi connectivity index (χ0n) is 10.5. The van der Waals surface area contributed by atoms with Crippen LogP contribution >= 0.6 is 0 Å². The van der Waals surface area contributed by atoms with E-state index in [1.54, 1.807) is 10.7 Å². The maximum Gasteiger partial charge on any atom is 0.269 e. The Morgan fingerprint density at radius 1 is 1.42 bits per heavy atom. The van der Waals surface area contributed by atoms with Crippen molar-refractivity contribution in [1.29, 1.82) is 0 Å². The van der Waals surface area contributed by atoms with Crippen molar-refractivity contribution >= 4 is 5.69 Å². The Balaban J connectivity index is 1.93. The SMILES string of the molecule is [CH2]c1cc([N+](=O)[O-])ccc1-n1cc(C2CCC2)cn1. The standard InChI is InChI=1S/C14H14N3O2/c1-10-7-13(17(18)19)5-6-14(10)16-9-12(8-15-16)11-3-2-4-11/h5-9,11H,1-4H2. The zero-order valence-corrected chi connectivity index (χ0v) is 10.5. The van der Waals surface area contributed by atoms with Crippen molar-refractivity contribution in [2.45, 2.75) is 25.2 Å². The summed E-state index contributed by atoms with van der Waals surface area (Å²) in [5.74, 6) is 0.625. The molecule has 2 aromatic rings. The Hall–Kier alpha value is -2.17. The van der Waals surface area contributed by atoms with Gasteiger partial charge in [-0.2, -0.15) is 5.10 Å². The molecule has 97 valence electrons. The number of rotatable bonds is 3. The highest BCUT2D eigenvalue weighted by atomic mass is 16.6. The summed E-state index contributed by atoms with van der Waals surface area (Å²) in [5, 5.41) is 15.0. The third-order valence-corrected chi connectivity index (χ3v) is 3.70. The van der Waals surface area contributed by atoms with Crippen LogP contribution in [0, 0.1) is 17.0 Å². The van der Waals surface area contributed by atoms with Crippen molar-refractivity contribution in [1.82, 2.24) is 9.78 Å². The average Bonchev–Trinajstić information content (AvgIpc) is 2.75. The summed E-state index contributed by atoms with van der Waals surface area (Å²) < 4.78 is 1.75. The molecule has 5 heteroatoms. The molecule has 0 atom stereocenters. The normalized spacial score (nSPS) is 15.2. The van der Waals surface area contributed by atoms with Crippen LogP contribution in [0.25, 0.3) is 5.69 Å². The third kappa shape index (κ3) is 2.12. The molecule has 3 rings (SSSR count). The number of nitro benzene ring substituents is 1. The van der Waals surface area contributed by atoms with Crippen LogP contribution in [0.2, 0.25) is 0 Å². The first-order valence-electron chi connectivity index (χ1n) is 6.30. The lowest BCUT2D eigenvalue weighted by molar-refractivity contribution is -0.384. The second-order valence-electron chi connectivity index (χ2n) is 4.92. The largest absolute Gasteiger partial charge is 0.269 e. The number of hydrogen-bond donors (Lipinski definition) is 0. The lowest BCUT2D eigenvalue weighted by Crippen LogP contribution is -2.07. The lowest BCUT2D eigenvalue weighted by Gasteiger charge is -2.23. The molecule has 1 aliphatic carbocycles. The molecule has 0 spiro atoms. The molecule has 19 heavy (non-hydrogen) atoms. The van der Waals surface area contributed by atoms with Gasteiger partial charge in [-0.05, 0) is 42.9 Å². The van der Waals surface area contributed by atoms with E-state index in [4.69, 9.17) is 0 Å². The number of non-ortho nitro benzene ring substituents is 1. The summed E-state index contributed by atoms with van der Waals surface area (Å²) in [6, 6.07) is 4.65. The van der Waals surface area contributed by atoms with Gasteiger partial charge in [-0.15, -0.1) is 0 Å². The van der Waals surface area contributed by atoms with Crippen molar-refractivity contribution in [3.63, 3.8) is 0 Å². The van der Waals surface area contributed by atoms with Crippen LogP contribution in [0.5, 0.6) is 0 Å². The van der Waals surface area contributed by atoms with Crippen LogP contribution in [-0.2, 0) is 0 Å². The van der Waals surface area contributed by atoms with Gasteiger partial charge in [0.1, 0.15) is 0 Å². The van der Waals surface area contributed by atoms with E-state index in [0.717, 1.165) is 5.69 Å². The van der Waals surface area contributed by atoms with Crippen molar-refractivity contribution in [3.05, 3.63) is 58.8 Å². The summed E-state index contributed by atoms with van der Waals surface area (Å²) in [6.45, 7) is 3.86. The summed E-state index contributed by atoms with van der Waals surface area (Å²) in [4.78, 5) is 10.3. The van der Waals surface area contributed by atoms with Crippen LogP contribution < -0.4 is 0 Å². The smallest absolute Gasteiger partial charge is 0.258 e. The molecule has 1 fully saturated rings. The molecule has 1 aromatic heterocycles.